The van der Waals surface area contributed by atoms with Crippen LogP contribution in [-0.2, 0) is 9.53 Å². The number of benzene rings is 1. The summed E-state index contributed by atoms with van der Waals surface area (Å²) in [4.78, 5) is 13.5. The SMILES string of the molecule is COC1C[C@@H](C(=O)Nc2ccc(C)cc2C)[C@H](c2nnc([C@H]3C[C@@H](CC(C)C)C3)n2C2CC2)C1. The van der Waals surface area contributed by atoms with Gasteiger partial charge in [0, 0.05) is 30.7 Å². The summed E-state index contributed by atoms with van der Waals surface area (Å²) in [6.45, 7) is 8.75. The Morgan fingerprint density at radius 3 is 2.50 bits per heavy atom. The predicted molar refractivity (Wildman–Crippen MR) is 134 cm³/mol. The molecule has 1 heterocycles. The van der Waals surface area contributed by atoms with Crippen molar-refractivity contribution >= 4 is 11.6 Å². The summed E-state index contributed by atoms with van der Waals surface area (Å²) in [7, 11) is 1.76. The Labute approximate surface area is 203 Å². The van der Waals surface area contributed by atoms with E-state index in [9.17, 15) is 4.79 Å². The van der Waals surface area contributed by atoms with Crippen LogP contribution in [0.2, 0.25) is 0 Å². The third kappa shape index (κ3) is 4.66. The molecule has 184 valence electrons. The number of anilines is 1. The highest BCUT2D eigenvalue weighted by Crippen LogP contribution is 2.50. The van der Waals surface area contributed by atoms with Crippen molar-refractivity contribution in [2.75, 3.05) is 12.4 Å². The maximum Gasteiger partial charge on any atom is 0.228 e. The number of carbonyl (C=O) groups excluding carboxylic acids is 1. The van der Waals surface area contributed by atoms with Crippen molar-refractivity contribution < 1.29 is 9.53 Å². The Hall–Kier alpha value is -2.21. The molecule has 3 aliphatic rings. The van der Waals surface area contributed by atoms with E-state index in [1.54, 1.807) is 7.11 Å². The lowest BCUT2D eigenvalue weighted by Gasteiger charge is -2.36. The molecule has 0 radical (unpaired) electrons. The van der Waals surface area contributed by atoms with Gasteiger partial charge in [0.15, 0.2) is 0 Å². The predicted octanol–water partition coefficient (Wildman–Crippen LogP) is 5.92. The average Bonchev–Trinajstić information content (AvgIpc) is 3.36. The fourth-order valence-electron chi connectivity index (χ4n) is 6.30. The molecule has 0 saturated heterocycles. The molecule has 0 spiro atoms. The monoisotopic (exact) mass is 464 g/mol. The number of hydrogen-bond donors (Lipinski definition) is 1. The third-order valence-corrected chi connectivity index (χ3v) is 8.23. The Bertz CT molecular complexity index is 1040. The third-order valence-electron chi connectivity index (χ3n) is 8.23. The van der Waals surface area contributed by atoms with Crippen LogP contribution in [0.25, 0.3) is 0 Å². The van der Waals surface area contributed by atoms with Crippen molar-refractivity contribution in [2.24, 2.45) is 17.8 Å². The number of aromatic nitrogens is 3. The van der Waals surface area contributed by atoms with Crippen LogP contribution < -0.4 is 5.32 Å². The van der Waals surface area contributed by atoms with Crippen molar-refractivity contribution in [2.45, 2.75) is 96.6 Å². The van der Waals surface area contributed by atoms with Gasteiger partial charge in [0.2, 0.25) is 5.91 Å². The molecular weight excluding hydrogens is 424 g/mol. The molecule has 6 nitrogen and oxygen atoms in total. The van der Waals surface area contributed by atoms with Gasteiger partial charge in [0.1, 0.15) is 11.6 Å². The van der Waals surface area contributed by atoms with Gasteiger partial charge < -0.3 is 14.6 Å². The minimum Gasteiger partial charge on any atom is -0.381 e. The van der Waals surface area contributed by atoms with Gasteiger partial charge in [-0.2, -0.15) is 0 Å². The summed E-state index contributed by atoms with van der Waals surface area (Å²) in [6, 6.07) is 6.68. The molecule has 1 N–H and O–H groups in total. The highest BCUT2D eigenvalue weighted by atomic mass is 16.5. The zero-order chi connectivity index (χ0) is 24.0. The number of methoxy groups -OCH3 is 1. The normalized spacial score (nSPS) is 28.8. The highest BCUT2D eigenvalue weighted by molar-refractivity contribution is 5.94. The van der Waals surface area contributed by atoms with Crippen LogP contribution in [0, 0.1) is 31.6 Å². The van der Waals surface area contributed by atoms with Crippen molar-refractivity contribution in [1.29, 1.82) is 0 Å². The molecule has 0 aliphatic heterocycles. The average molecular weight is 465 g/mol. The van der Waals surface area contributed by atoms with Gasteiger partial charge >= 0.3 is 0 Å². The van der Waals surface area contributed by atoms with E-state index in [1.807, 2.05) is 19.1 Å². The standard InChI is InChI=1S/C28H40N4O2/c1-16(2)10-19-12-20(13-19)26-30-31-27(32(26)21-7-8-21)23-14-22(34-5)15-24(23)28(33)29-25-9-6-17(3)11-18(25)4/h6,9,11,16,19-24H,7-8,10,12-15H2,1-5H3,(H,29,33)/t19-,20+,22?,23-,24-/m1/s1. The van der Waals surface area contributed by atoms with Gasteiger partial charge in [-0.25, -0.2) is 0 Å². The first-order valence-electron chi connectivity index (χ1n) is 13.2. The zero-order valence-corrected chi connectivity index (χ0v) is 21.4. The molecule has 2 aromatic rings. The van der Waals surface area contributed by atoms with Crippen LogP contribution in [-0.4, -0.2) is 33.9 Å². The van der Waals surface area contributed by atoms with Gasteiger partial charge in [-0.1, -0.05) is 31.5 Å². The minimum atomic E-state index is -0.157. The minimum absolute atomic E-state index is 0.0455. The first kappa shape index (κ1) is 23.5. The molecule has 1 aromatic carbocycles. The number of carbonyl (C=O) groups is 1. The molecule has 3 fully saturated rings. The lowest BCUT2D eigenvalue weighted by molar-refractivity contribution is -0.120. The lowest BCUT2D eigenvalue weighted by atomic mass is 9.71. The van der Waals surface area contributed by atoms with Gasteiger partial charge in [0.05, 0.1) is 12.0 Å². The van der Waals surface area contributed by atoms with E-state index < -0.39 is 0 Å². The summed E-state index contributed by atoms with van der Waals surface area (Å²) in [5.74, 6) is 4.25. The molecule has 34 heavy (non-hydrogen) atoms. The number of aryl methyl sites for hydroxylation is 2. The molecular formula is C28H40N4O2. The molecule has 1 unspecified atom stereocenters. The van der Waals surface area contributed by atoms with Crippen LogP contribution in [0.4, 0.5) is 5.69 Å². The zero-order valence-electron chi connectivity index (χ0n) is 21.4. The summed E-state index contributed by atoms with van der Waals surface area (Å²) in [5, 5.41) is 12.7. The van der Waals surface area contributed by atoms with Crippen LogP contribution in [0.15, 0.2) is 18.2 Å². The second kappa shape index (κ2) is 9.44. The second-order valence-corrected chi connectivity index (χ2v) is 11.5. The van der Waals surface area contributed by atoms with Crippen molar-refractivity contribution in [3.8, 4) is 0 Å². The molecule has 1 amide bonds. The van der Waals surface area contributed by atoms with Crippen molar-refractivity contribution in [1.82, 2.24) is 14.8 Å². The van der Waals surface area contributed by atoms with Crippen LogP contribution in [0.1, 0.15) is 99.4 Å². The first-order chi connectivity index (χ1) is 16.3. The second-order valence-electron chi connectivity index (χ2n) is 11.5. The Morgan fingerprint density at radius 1 is 1.12 bits per heavy atom. The molecule has 5 rings (SSSR count). The fourth-order valence-corrected chi connectivity index (χ4v) is 6.30. The number of hydrogen-bond acceptors (Lipinski definition) is 4. The van der Waals surface area contributed by atoms with Crippen LogP contribution in [0.3, 0.4) is 0 Å². The topological polar surface area (TPSA) is 69.0 Å². The molecule has 3 saturated carbocycles. The molecule has 3 aliphatic carbocycles. The van der Waals surface area contributed by atoms with Crippen LogP contribution >= 0.6 is 0 Å². The maximum absolute atomic E-state index is 13.5. The lowest BCUT2D eigenvalue weighted by Crippen LogP contribution is -2.28. The van der Waals surface area contributed by atoms with Gasteiger partial charge in [-0.05, 0) is 82.3 Å². The number of amides is 1. The Morgan fingerprint density at radius 2 is 1.85 bits per heavy atom. The summed E-state index contributed by atoms with van der Waals surface area (Å²) in [6.07, 6.45) is 7.78. The quantitative estimate of drug-likeness (QED) is 0.527. The van der Waals surface area contributed by atoms with E-state index in [2.05, 4.69) is 36.7 Å². The largest absolute Gasteiger partial charge is 0.381 e. The number of nitrogens with zero attached hydrogens (tertiary/aromatic N) is 3. The maximum atomic E-state index is 13.5. The molecule has 6 heteroatoms. The molecule has 3 atom stereocenters. The number of ether oxygens (including phenoxy) is 1. The van der Waals surface area contributed by atoms with Crippen LogP contribution in [0.5, 0.6) is 0 Å². The first-order valence-corrected chi connectivity index (χ1v) is 13.2. The Balaban J connectivity index is 1.38. The number of rotatable bonds is 8. The molecule has 0 bridgehead atoms. The van der Waals surface area contributed by atoms with Gasteiger partial charge in [-0.15, -0.1) is 10.2 Å². The summed E-state index contributed by atoms with van der Waals surface area (Å²) < 4.78 is 8.19. The number of nitrogens with one attached hydrogen (secondary N) is 1. The van der Waals surface area contributed by atoms with E-state index in [1.165, 1.54) is 43.5 Å². The fraction of sp³-hybridized carbons (Fsp3) is 0.679. The van der Waals surface area contributed by atoms with E-state index in [-0.39, 0.29) is 23.8 Å². The van der Waals surface area contributed by atoms with Gasteiger partial charge in [0.25, 0.3) is 0 Å². The molecule has 1 aromatic heterocycles. The van der Waals surface area contributed by atoms with Crippen molar-refractivity contribution in [3.63, 3.8) is 0 Å². The van der Waals surface area contributed by atoms with E-state index >= 15 is 0 Å². The highest BCUT2D eigenvalue weighted by Gasteiger charge is 2.46. The van der Waals surface area contributed by atoms with E-state index in [0.717, 1.165) is 41.8 Å². The smallest absolute Gasteiger partial charge is 0.228 e. The van der Waals surface area contributed by atoms with Gasteiger partial charge in [-0.3, -0.25) is 4.79 Å². The van der Waals surface area contributed by atoms with Crippen molar-refractivity contribution in [3.05, 3.63) is 41.0 Å². The van der Waals surface area contributed by atoms with E-state index in [0.29, 0.717) is 12.0 Å². The summed E-state index contributed by atoms with van der Waals surface area (Å²) >= 11 is 0. The Kier molecular flexibility index (Phi) is 6.54. The summed E-state index contributed by atoms with van der Waals surface area (Å²) in [5.41, 5.74) is 3.19. The van der Waals surface area contributed by atoms with E-state index in [4.69, 9.17) is 14.9 Å².